The van der Waals surface area contributed by atoms with Gasteiger partial charge in [0.05, 0.1) is 5.56 Å². The Hall–Kier alpha value is -1.64. The fourth-order valence-electron chi connectivity index (χ4n) is 3.41. The first kappa shape index (κ1) is 19.1. The van der Waals surface area contributed by atoms with Crippen molar-refractivity contribution in [2.75, 3.05) is 13.1 Å². The minimum Gasteiger partial charge on any atom is -0.466 e. The quantitative estimate of drug-likeness (QED) is 0.812. The SMILES string of the molecule is Cc1cc(C(=O)NCC[C@@H]2CCCCN2S(=O)(=O)c2cccs2)c(C)o1. The molecule has 0 spiro atoms. The first-order valence-electron chi connectivity index (χ1n) is 8.80. The number of sulfonamides is 1. The summed E-state index contributed by atoms with van der Waals surface area (Å²) in [6, 6.07) is 5.05. The minimum atomic E-state index is -3.45. The van der Waals surface area contributed by atoms with Crippen LogP contribution in [0.1, 0.15) is 47.6 Å². The monoisotopic (exact) mass is 396 g/mol. The third-order valence-electron chi connectivity index (χ3n) is 4.68. The molecular weight excluding hydrogens is 372 g/mol. The van der Waals surface area contributed by atoms with Gasteiger partial charge in [0, 0.05) is 19.1 Å². The van der Waals surface area contributed by atoms with E-state index in [0.717, 1.165) is 19.3 Å². The minimum absolute atomic E-state index is 0.0802. The molecular formula is C18H24N2O4S2. The Balaban J connectivity index is 1.62. The maximum absolute atomic E-state index is 12.9. The van der Waals surface area contributed by atoms with Gasteiger partial charge >= 0.3 is 0 Å². The van der Waals surface area contributed by atoms with Crippen LogP contribution in [0.4, 0.5) is 0 Å². The normalized spacial score (nSPS) is 18.8. The van der Waals surface area contributed by atoms with Crippen LogP contribution in [0.25, 0.3) is 0 Å². The highest BCUT2D eigenvalue weighted by molar-refractivity contribution is 7.91. The van der Waals surface area contributed by atoms with Crippen LogP contribution >= 0.6 is 11.3 Å². The smallest absolute Gasteiger partial charge is 0.254 e. The first-order valence-corrected chi connectivity index (χ1v) is 11.1. The molecule has 1 atom stereocenters. The van der Waals surface area contributed by atoms with E-state index in [4.69, 9.17) is 4.42 Å². The highest BCUT2D eigenvalue weighted by Gasteiger charge is 2.33. The van der Waals surface area contributed by atoms with Crippen molar-refractivity contribution >= 4 is 27.3 Å². The molecule has 1 amide bonds. The van der Waals surface area contributed by atoms with Crippen LogP contribution in [-0.4, -0.2) is 37.8 Å². The molecule has 1 saturated heterocycles. The number of hydrogen-bond donors (Lipinski definition) is 1. The van der Waals surface area contributed by atoms with Gasteiger partial charge in [0.2, 0.25) is 0 Å². The summed E-state index contributed by atoms with van der Waals surface area (Å²) in [5, 5.41) is 4.67. The Morgan fingerprint density at radius 3 is 2.85 bits per heavy atom. The number of thiophene rings is 1. The van der Waals surface area contributed by atoms with Crippen LogP contribution in [0.3, 0.4) is 0 Å². The average Bonchev–Trinajstić information content (AvgIpc) is 3.25. The number of hydrogen-bond acceptors (Lipinski definition) is 5. The molecule has 3 rings (SSSR count). The molecule has 1 fully saturated rings. The van der Waals surface area contributed by atoms with Crippen molar-refractivity contribution in [3.05, 3.63) is 40.7 Å². The number of rotatable bonds is 6. The molecule has 1 aliphatic heterocycles. The highest BCUT2D eigenvalue weighted by atomic mass is 32.2. The maximum Gasteiger partial charge on any atom is 0.254 e. The topological polar surface area (TPSA) is 79.6 Å². The highest BCUT2D eigenvalue weighted by Crippen LogP contribution is 2.29. The molecule has 6 nitrogen and oxygen atoms in total. The summed E-state index contributed by atoms with van der Waals surface area (Å²) in [6.07, 6.45) is 3.31. The Labute approximate surface area is 158 Å². The molecule has 2 aromatic heterocycles. The third-order valence-corrected chi connectivity index (χ3v) is 8.00. The summed E-state index contributed by atoms with van der Waals surface area (Å²) in [5.41, 5.74) is 0.536. The van der Waals surface area contributed by atoms with Crippen molar-refractivity contribution in [1.29, 1.82) is 0 Å². The van der Waals surface area contributed by atoms with E-state index < -0.39 is 10.0 Å². The van der Waals surface area contributed by atoms with Gasteiger partial charge in [-0.1, -0.05) is 12.5 Å². The van der Waals surface area contributed by atoms with Gasteiger partial charge in [0.1, 0.15) is 15.7 Å². The number of carbonyl (C=O) groups is 1. The number of piperidine rings is 1. The van der Waals surface area contributed by atoms with E-state index in [1.54, 1.807) is 41.7 Å². The Morgan fingerprint density at radius 1 is 1.38 bits per heavy atom. The second kappa shape index (κ2) is 7.94. The second-order valence-corrected chi connectivity index (χ2v) is 9.63. The van der Waals surface area contributed by atoms with Crippen LogP contribution in [0, 0.1) is 13.8 Å². The predicted octanol–water partition coefficient (Wildman–Crippen LogP) is 3.32. The van der Waals surface area contributed by atoms with Crippen LogP contribution in [0.2, 0.25) is 0 Å². The molecule has 0 aromatic carbocycles. The van der Waals surface area contributed by atoms with E-state index >= 15 is 0 Å². The van der Waals surface area contributed by atoms with E-state index in [9.17, 15) is 13.2 Å². The van der Waals surface area contributed by atoms with Crippen molar-refractivity contribution in [3.63, 3.8) is 0 Å². The zero-order valence-electron chi connectivity index (χ0n) is 15.0. The van der Waals surface area contributed by atoms with E-state index in [1.807, 2.05) is 0 Å². The molecule has 0 bridgehead atoms. The largest absolute Gasteiger partial charge is 0.466 e. The summed E-state index contributed by atoms with van der Waals surface area (Å²) >= 11 is 1.25. The lowest BCUT2D eigenvalue weighted by Gasteiger charge is -2.34. The van der Waals surface area contributed by atoms with Gasteiger partial charge in [-0.15, -0.1) is 11.3 Å². The predicted molar refractivity (Wildman–Crippen MR) is 101 cm³/mol. The standard InChI is InChI=1S/C18H24N2O4S2/c1-13-12-16(14(2)24-13)18(21)19-9-8-15-6-3-4-10-20(15)26(22,23)17-7-5-11-25-17/h5,7,11-12,15H,3-4,6,8-10H2,1-2H3,(H,19,21)/t15-/m0/s1. The fraction of sp³-hybridized carbons (Fsp3) is 0.500. The molecule has 0 radical (unpaired) electrons. The third kappa shape index (κ3) is 4.02. The molecule has 0 aliphatic carbocycles. The van der Waals surface area contributed by atoms with Gasteiger partial charge in [-0.2, -0.15) is 4.31 Å². The molecule has 26 heavy (non-hydrogen) atoms. The van der Waals surface area contributed by atoms with Gasteiger partial charge in [-0.05, 0) is 50.6 Å². The summed E-state index contributed by atoms with van der Waals surface area (Å²) in [5.74, 6) is 1.12. The summed E-state index contributed by atoms with van der Waals surface area (Å²) < 4.78 is 33.1. The second-order valence-electron chi connectivity index (χ2n) is 6.57. The zero-order chi connectivity index (χ0) is 18.7. The summed E-state index contributed by atoms with van der Waals surface area (Å²) in [7, 11) is -3.45. The number of furan rings is 1. The van der Waals surface area contributed by atoms with Crippen LogP contribution < -0.4 is 5.32 Å². The van der Waals surface area contributed by atoms with Crippen molar-refractivity contribution < 1.29 is 17.6 Å². The van der Waals surface area contributed by atoms with Gasteiger partial charge in [0.15, 0.2) is 0 Å². The first-order chi connectivity index (χ1) is 12.4. The summed E-state index contributed by atoms with van der Waals surface area (Å²) in [6.45, 7) is 4.54. The molecule has 2 aromatic rings. The van der Waals surface area contributed by atoms with E-state index in [0.29, 0.717) is 40.8 Å². The van der Waals surface area contributed by atoms with Gasteiger partial charge in [-0.25, -0.2) is 8.42 Å². The van der Waals surface area contributed by atoms with E-state index in [-0.39, 0.29) is 11.9 Å². The van der Waals surface area contributed by atoms with Crippen molar-refractivity contribution in [1.82, 2.24) is 9.62 Å². The van der Waals surface area contributed by atoms with Crippen LogP contribution in [-0.2, 0) is 10.0 Å². The number of nitrogens with zero attached hydrogens (tertiary/aromatic N) is 1. The van der Waals surface area contributed by atoms with Gasteiger partial charge in [0.25, 0.3) is 15.9 Å². The Bertz CT molecular complexity index is 856. The zero-order valence-corrected chi connectivity index (χ0v) is 16.7. The maximum atomic E-state index is 12.9. The Morgan fingerprint density at radius 2 is 2.19 bits per heavy atom. The Kier molecular flexibility index (Phi) is 5.84. The van der Waals surface area contributed by atoms with Crippen LogP contribution in [0.5, 0.6) is 0 Å². The number of amides is 1. The van der Waals surface area contributed by atoms with E-state index in [2.05, 4.69) is 5.32 Å². The molecule has 3 heterocycles. The molecule has 1 aliphatic rings. The van der Waals surface area contributed by atoms with Crippen molar-refractivity contribution in [2.24, 2.45) is 0 Å². The number of aryl methyl sites for hydroxylation is 2. The lowest BCUT2D eigenvalue weighted by Crippen LogP contribution is -2.44. The van der Waals surface area contributed by atoms with Gasteiger partial charge < -0.3 is 9.73 Å². The fourth-order valence-corrected chi connectivity index (χ4v) is 6.25. The van der Waals surface area contributed by atoms with Crippen LogP contribution in [0.15, 0.2) is 32.2 Å². The molecule has 0 unspecified atom stereocenters. The molecule has 0 saturated carbocycles. The molecule has 1 N–H and O–H groups in total. The lowest BCUT2D eigenvalue weighted by molar-refractivity contribution is 0.0948. The van der Waals surface area contributed by atoms with E-state index in [1.165, 1.54) is 11.3 Å². The van der Waals surface area contributed by atoms with Crippen molar-refractivity contribution in [2.45, 2.75) is 49.8 Å². The van der Waals surface area contributed by atoms with Gasteiger partial charge in [-0.3, -0.25) is 4.79 Å². The lowest BCUT2D eigenvalue weighted by atomic mass is 10.0. The number of carbonyl (C=O) groups excluding carboxylic acids is 1. The number of nitrogens with one attached hydrogen (secondary N) is 1. The molecule has 142 valence electrons. The molecule has 8 heteroatoms. The summed E-state index contributed by atoms with van der Waals surface area (Å²) in [4.78, 5) is 12.3. The van der Waals surface area contributed by atoms with Crippen molar-refractivity contribution in [3.8, 4) is 0 Å². The average molecular weight is 397 g/mol.